The smallest absolute Gasteiger partial charge is 0.276 e. The number of benzene rings is 1. The Balaban J connectivity index is 0.000000433. The summed E-state index contributed by atoms with van der Waals surface area (Å²) in [5.41, 5.74) is 5.76. The third-order valence-corrected chi connectivity index (χ3v) is 3.27. The monoisotopic (exact) mass is 304 g/mol. The van der Waals surface area contributed by atoms with E-state index in [-0.39, 0.29) is 0 Å². The summed E-state index contributed by atoms with van der Waals surface area (Å²) in [4.78, 5) is 24.8. The fourth-order valence-corrected chi connectivity index (χ4v) is 1.90. The van der Waals surface area contributed by atoms with Crippen molar-refractivity contribution in [1.29, 1.82) is 0 Å². The van der Waals surface area contributed by atoms with Crippen molar-refractivity contribution in [1.82, 2.24) is 0 Å². The molecule has 0 aromatic heterocycles. The van der Waals surface area contributed by atoms with E-state index in [1.807, 2.05) is 0 Å². The van der Waals surface area contributed by atoms with Crippen molar-refractivity contribution in [2.24, 2.45) is 10.7 Å². The Morgan fingerprint density at radius 3 is 1.68 bits per heavy atom. The van der Waals surface area contributed by atoms with E-state index in [1.165, 1.54) is 69.2 Å². The van der Waals surface area contributed by atoms with Crippen LogP contribution < -0.4 is 5.73 Å². The van der Waals surface area contributed by atoms with Gasteiger partial charge in [-0.2, -0.15) is 0 Å². The van der Waals surface area contributed by atoms with Gasteiger partial charge in [-0.05, 0) is 31.0 Å². The van der Waals surface area contributed by atoms with E-state index >= 15 is 0 Å². The lowest BCUT2D eigenvalue weighted by molar-refractivity contribution is 0.0990. The molecule has 2 amide bonds. The van der Waals surface area contributed by atoms with Crippen LogP contribution in [-0.4, -0.2) is 18.5 Å². The lowest BCUT2D eigenvalue weighted by atomic mass is 10.1. The second kappa shape index (κ2) is 12.7. The molecule has 1 rings (SSSR count). The fraction of sp³-hybridized carbons (Fsp3) is 0.500. The van der Waals surface area contributed by atoms with E-state index in [2.05, 4.69) is 25.6 Å². The molecule has 4 nitrogen and oxygen atoms in total. The van der Waals surface area contributed by atoms with Crippen LogP contribution in [-0.2, 0) is 0 Å². The molecule has 0 aliphatic carbocycles. The lowest BCUT2D eigenvalue weighted by Gasteiger charge is -1.96. The largest absolute Gasteiger partial charge is 0.366 e. The molecule has 2 N–H and O–H groups in total. The van der Waals surface area contributed by atoms with E-state index < -0.39 is 11.8 Å². The predicted octanol–water partition coefficient (Wildman–Crippen LogP) is 4.38. The van der Waals surface area contributed by atoms with E-state index in [4.69, 9.17) is 5.73 Å². The zero-order valence-corrected chi connectivity index (χ0v) is 13.8. The zero-order valence-electron chi connectivity index (χ0n) is 13.8. The molecular formula is C18H28N2O2. The quantitative estimate of drug-likeness (QED) is 0.571. The van der Waals surface area contributed by atoms with E-state index in [9.17, 15) is 9.59 Å². The molecule has 0 heterocycles. The van der Waals surface area contributed by atoms with Gasteiger partial charge < -0.3 is 5.73 Å². The van der Waals surface area contributed by atoms with E-state index in [0.717, 1.165) is 0 Å². The van der Waals surface area contributed by atoms with E-state index in [1.54, 1.807) is 0 Å². The average molecular weight is 304 g/mol. The Kier molecular flexibility index (Phi) is 11.6. The van der Waals surface area contributed by atoms with Crippen molar-refractivity contribution >= 4 is 18.5 Å². The molecule has 4 heteroatoms. The van der Waals surface area contributed by atoms with Crippen LogP contribution in [0.25, 0.3) is 0 Å². The summed E-state index contributed by atoms with van der Waals surface area (Å²) in [5.74, 6) is -0.943. The van der Waals surface area contributed by atoms with Crippen LogP contribution in [0, 0.1) is 0 Å². The highest BCUT2D eigenvalue weighted by atomic mass is 16.1. The van der Waals surface area contributed by atoms with Gasteiger partial charge >= 0.3 is 0 Å². The molecule has 0 saturated heterocycles. The van der Waals surface area contributed by atoms with Crippen molar-refractivity contribution in [3.8, 4) is 0 Å². The topological polar surface area (TPSA) is 72.5 Å². The molecule has 0 saturated carbocycles. The average Bonchev–Trinajstić information content (AvgIpc) is 2.54. The highest BCUT2D eigenvalue weighted by Crippen LogP contribution is 2.06. The number of carbonyl (C=O) groups is 2. The molecule has 0 atom stereocenters. The number of aliphatic imine (C=N–C) groups is 1. The Labute approximate surface area is 133 Å². The van der Waals surface area contributed by atoms with Gasteiger partial charge in [-0.3, -0.25) is 9.59 Å². The highest BCUT2D eigenvalue weighted by Gasteiger charge is 2.03. The maximum atomic E-state index is 10.9. The van der Waals surface area contributed by atoms with Gasteiger partial charge in [-0.25, -0.2) is 4.99 Å². The SMILES string of the molecule is C=NC(=O)c1ccc(C(N)=O)cc1.CCCCCCCCC. The zero-order chi connectivity index (χ0) is 16.8. The first-order chi connectivity index (χ1) is 10.6. The number of unbranched alkanes of at least 4 members (excludes halogenated alkanes) is 6. The number of nitrogens with zero attached hydrogens (tertiary/aromatic N) is 1. The molecule has 0 aliphatic rings. The van der Waals surface area contributed by atoms with E-state index in [0.29, 0.717) is 11.1 Å². The minimum atomic E-state index is -0.523. The minimum absolute atomic E-state index is 0.362. The standard InChI is InChI=1S/C9H8N2O2.C9H20/c1-11-9(13)7-4-2-6(3-5-7)8(10)12;1-3-5-7-9-8-6-4-2/h2-5H,1H2,(H2,10,12);3-9H2,1-2H3. The van der Waals surface area contributed by atoms with Gasteiger partial charge in [0.05, 0.1) is 0 Å². The van der Waals surface area contributed by atoms with Crippen molar-refractivity contribution in [3.05, 3.63) is 35.4 Å². The van der Waals surface area contributed by atoms with Crippen LogP contribution >= 0.6 is 0 Å². The summed E-state index contributed by atoms with van der Waals surface area (Å²) in [6, 6.07) is 5.91. The second-order valence-corrected chi connectivity index (χ2v) is 5.17. The molecule has 0 fully saturated rings. The van der Waals surface area contributed by atoms with Crippen LogP contribution in [0.2, 0.25) is 0 Å². The molecular weight excluding hydrogens is 276 g/mol. The number of amides is 2. The maximum absolute atomic E-state index is 10.9. The van der Waals surface area contributed by atoms with Gasteiger partial charge in [0.25, 0.3) is 5.91 Å². The fourth-order valence-electron chi connectivity index (χ4n) is 1.90. The summed E-state index contributed by atoms with van der Waals surface area (Å²) in [7, 11) is 0. The summed E-state index contributed by atoms with van der Waals surface area (Å²) < 4.78 is 0. The third kappa shape index (κ3) is 9.06. The molecule has 0 aliphatic heterocycles. The first-order valence-electron chi connectivity index (χ1n) is 7.97. The Hall–Kier alpha value is -1.97. The summed E-state index contributed by atoms with van der Waals surface area (Å²) in [6.45, 7) is 7.63. The van der Waals surface area contributed by atoms with Gasteiger partial charge in [0, 0.05) is 11.1 Å². The highest BCUT2D eigenvalue weighted by molar-refractivity contribution is 5.98. The van der Waals surface area contributed by atoms with Gasteiger partial charge in [0.2, 0.25) is 5.91 Å². The summed E-state index contributed by atoms with van der Waals surface area (Å²) >= 11 is 0. The number of hydrogen-bond acceptors (Lipinski definition) is 2. The molecule has 122 valence electrons. The molecule has 0 unspecified atom stereocenters. The number of rotatable bonds is 8. The molecule has 22 heavy (non-hydrogen) atoms. The number of primary amides is 1. The third-order valence-electron chi connectivity index (χ3n) is 3.27. The number of nitrogens with two attached hydrogens (primary N) is 1. The van der Waals surface area contributed by atoms with Crippen molar-refractivity contribution in [3.63, 3.8) is 0 Å². The van der Waals surface area contributed by atoms with Gasteiger partial charge in [0.1, 0.15) is 0 Å². The maximum Gasteiger partial charge on any atom is 0.276 e. The van der Waals surface area contributed by atoms with Gasteiger partial charge in [0.15, 0.2) is 0 Å². The first kappa shape index (κ1) is 20.0. The molecule has 0 spiro atoms. The van der Waals surface area contributed by atoms with Crippen LogP contribution in [0.5, 0.6) is 0 Å². The number of carbonyl (C=O) groups excluding carboxylic acids is 2. The van der Waals surface area contributed by atoms with Crippen molar-refractivity contribution in [2.45, 2.75) is 58.8 Å². The molecule has 1 aromatic rings. The predicted molar refractivity (Wildman–Crippen MR) is 92.5 cm³/mol. The van der Waals surface area contributed by atoms with Crippen molar-refractivity contribution in [2.75, 3.05) is 0 Å². The van der Waals surface area contributed by atoms with Crippen LogP contribution in [0.3, 0.4) is 0 Å². The van der Waals surface area contributed by atoms with Crippen LogP contribution in [0.1, 0.15) is 79.5 Å². The Morgan fingerprint density at radius 2 is 1.32 bits per heavy atom. The molecule has 0 radical (unpaired) electrons. The lowest BCUT2D eigenvalue weighted by Crippen LogP contribution is -2.10. The minimum Gasteiger partial charge on any atom is -0.366 e. The van der Waals surface area contributed by atoms with Gasteiger partial charge in [-0.15, -0.1) is 0 Å². The summed E-state index contributed by atoms with van der Waals surface area (Å²) in [5, 5.41) is 0. The second-order valence-electron chi connectivity index (χ2n) is 5.17. The first-order valence-corrected chi connectivity index (χ1v) is 7.97. The Bertz CT molecular complexity index is 447. The molecule has 0 bridgehead atoms. The van der Waals surface area contributed by atoms with Crippen molar-refractivity contribution < 1.29 is 9.59 Å². The van der Waals surface area contributed by atoms with Crippen LogP contribution in [0.15, 0.2) is 29.3 Å². The summed E-state index contributed by atoms with van der Waals surface area (Å²) in [6.07, 6.45) is 9.97. The van der Waals surface area contributed by atoms with Gasteiger partial charge in [-0.1, -0.05) is 58.8 Å². The molecule has 1 aromatic carbocycles. The normalized spacial score (nSPS) is 9.55. The Morgan fingerprint density at radius 1 is 0.909 bits per heavy atom. The number of hydrogen-bond donors (Lipinski definition) is 1. The van der Waals surface area contributed by atoms with Crippen LogP contribution in [0.4, 0.5) is 0 Å².